The molecule has 0 radical (unpaired) electrons. The number of hydrogen-bond donors (Lipinski definition) is 0. The first-order valence-corrected chi connectivity index (χ1v) is 10.9. The van der Waals surface area contributed by atoms with E-state index in [0.717, 1.165) is 36.2 Å². The van der Waals surface area contributed by atoms with Gasteiger partial charge in [0, 0.05) is 48.4 Å². The van der Waals surface area contributed by atoms with E-state index in [1.165, 1.54) is 11.3 Å². The molecule has 5 nitrogen and oxygen atoms in total. The van der Waals surface area contributed by atoms with Gasteiger partial charge in [-0.3, -0.25) is 9.98 Å². The normalized spacial score (nSPS) is 23.5. The van der Waals surface area contributed by atoms with E-state index in [1.54, 1.807) is 7.11 Å². The summed E-state index contributed by atoms with van der Waals surface area (Å²) in [5.74, 6) is 0.927. The zero-order valence-electron chi connectivity index (χ0n) is 17.0. The second kappa shape index (κ2) is 8.03. The van der Waals surface area contributed by atoms with Crippen molar-refractivity contribution >= 4 is 22.6 Å². The summed E-state index contributed by atoms with van der Waals surface area (Å²) in [5.41, 5.74) is 3.39. The third-order valence-electron chi connectivity index (χ3n) is 5.55. The van der Waals surface area contributed by atoms with Crippen molar-refractivity contribution in [2.75, 3.05) is 31.6 Å². The van der Waals surface area contributed by atoms with E-state index in [1.807, 2.05) is 30.1 Å². The van der Waals surface area contributed by atoms with Gasteiger partial charge in [0.25, 0.3) is 0 Å². The van der Waals surface area contributed by atoms with Crippen LogP contribution in [0.4, 0.5) is 5.69 Å². The number of rotatable bonds is 6. The van der Waals surface area contributed by atoms with Crippen molar-refractivity contribution in [3.63, 3.8) is 0 Å². The average molecular weight is 397 g/mol. The number of benzene rings is 1. The number of amidine groups is 1. The highest BCUT2D eigenvalue weighted by Crippen LogP contribution is 2.49. The van der Waals surface area contributed by atoms with Crippen LogP contribution >= 0.6 is 11.8 Å². The molecule has 1 saturated heterocycles. The molecule has 2 aliphatic heterocycles. The zero-order chi connectivity index (χ0) is 19.7. The summed E-state index contributed by atoms with van der Waals surface area (Å²) in [5, 5.41) is 1.68. The molecule has 148 valence electrons. The summed E-state index contributed by atoms with van der Waals surface area (Å²) in [4.78, 5) is 14.5. The van der Waals surface area contributed by atoms with Crippen molar-refractivity contribution in [3.05, 3.63) is 53.9 Å². The van der Waals surface area contributed by atoms with Gasteiger partial charge in [0.1, 0.15) is 11.8 Å². The Balaban J connectivity index is 1.77. The summed E-state index contributed by atoms with van der Waals surface area (Å²) in [6, 6.07) is 12.8. The van der Waals surface area contributed by atoms with Crippen LogP contribution < -0.4 is 9.64 Å². The van der Waals surface area contributed by atoms with Crippen LogP contribution in [-0.2, 0) is 0 Å². The minimum atomic E-state index is -0.00981. The van der Waals surface area contributed by atoms with Gasteiger partial charge >= 0.3 is 0 Å². The number of nitrogens with zero attached hydrogens (tertiary/aromatic N) is 4. The largest absolute Gasteiger partial charge is 0.496 e. The van der Waals surface area contributed by atoms with Crippen molar-refractivity contribution < 1.29 is 4.74 Å². The first kappa shape index (κ1) is 19.1. The molecule has 1 aromatic carbocycles. The summed E-state index contributed by atoms with van der Waals surface area (Å²) >= 11 is 1.86. The number of aliphatic imine (C=N–C) groups is 1. The number of anilines is 1. The molecule has 6 heteroatoms. The zero-order valence-corrected chi connectivity index (χ0v) is 17.8. The first-order chi connectivity index (χ1) is 13.7. The van der Waals surface area contributed by atoms with Gasteiger partial charge in [-0.05, 0) is 32.0 Å². The van der Waals surface area contributed by atoms with Gasteiger partial charge in [0.05, 0.1) is 18.8 Å². The molecule has 0 unspecified atom stereocenters. The smallest absolute Gasteiger partial charge is 0.160 e. The highest BCUT2D eigenvalue weighted by atomic mass is 32.2. The lowest BCUT2D eigenvalue weighted by molar-refractivity contribution is 0.307. The van der Waals surface area contributed by atoms with Crippen molar-refractivity contribution in [1.82, 2.24) is 9.88 Å². The van der Waals surface area contributed by atoms with E-state index >= 15 is 0 Å². The lowest BCUT2D eigenvalue weighted by atomic mass is 9.95. The molecule has 0 aliphatic carbocycles. The van der Waals surface area contributed by atoms with Gasteiger partial charge in [-0.15, -0.1) is 0 Å². The van der Waals surface area contributed by atoms with Crippen molar-refractivity contribution in [2.45, 2.75) is 38.1 Å². The molecule has 28 heavy (non-hydrogen) atoms. The van der Waals surface area contributed by atoms with E-state index in [4.69, 9.17) is 9.73 Å². The Morgan fingerprint density at radius 2 is 2.04 bits per heavy atom. The monoisotopic (exact) mass is 396 g/mol. The number of hydrogen-bond acceptors (Lipinski definition) is 6. The first-order valence-electron chi connectivity index (χ1n) is 10.0. The Morgan fingerprint density at radius 1 is 1.21 bits per heavy atom. The third kappa shape index (κ3) is 3.34. The van der Waals surface area contributed by atoms with Gasteiger partial charge in [-0.1, -0.05) is 30.8 Å². The van der Waals surface area contributed by atoms with E-state index < -0.39 is 0 Å². The summed E-state index contributed by atoms with van der Waals surface area (Å²) in [6.07, 6.45) is 1.85. The van der Waals surface area contributed by atoms with Gasteiger partial charge < -0.3 is 14.5 Å². The minimum absolute atomic E-state index is 0.00981. The van der Waals surface area contributed by atoms with Crippen LogP contribution in [0.5, 0.6) is 5.75 Å². The maximum absolute atomic E-state index is 5.87. The van der Waals surface area contributed by atoms with E-state index in [9.17, 15) is 0 Å². The molecule has 3 heterocycles. The van der Waals surface area contributed by atoms with Gasteiger partial charge in [0.2, 0.25) is 0 Å². The topological polar surface area (TPSA) is 41.0 Å². The van der Waals surface area contributed by atoms with E-state index in [-0.39, 0.29) is 12.1 Å². The lowest BCUT2D eigenvalue weighted by Crippen LogP contribution is -2.29. The Kier molecular flexibility index (Phi) is 5.49. The van der Waals surface area contributed by atoms with Crippen LogP contribution in [0.25, 0.3) is 0 Å². The molecule has 1 fully saturated rings. The number of fused-ring (bicyclic) bond motifs is 1. The SMILES string of the molecule is CCN(CC)c1ccc([C@H]2[C@@H](c3ccccn3)N=C3S[C@@H](C)CN32)c(OC)c1. The van der Waals surface area contributed by atoms with Crippen LogP contribution in [-0.4, -0.2) is 47.0 Å². The van der Waals surface area contributed by atoms with Crippen LogP contribution in [0, 0.1) is 0 Å². The summed E-state index contributed by atoms with van der Waals surface area (Å²) in [6.45, 7) is 9.58. The van der Waals surface area contributed by atoms with Gasteiger partial charge in [-0.25, -0.2) is 0 Å². The third-order valence-corrected chi connectivity index (χ3v) is 6.65. The van der Waals surface area contributed by atoms with Crippen LogP contribution in [0.15, 0.2) is 47.6 Å². The standard InChI is InChI=1S/C22H28N4OS/c1-5-25(6-2)16-10-11-17(19(13-16)27-4)21-20(18-9-7-8-12-23-18)24-22-26(21)14-15(3)28-22/h7-13,15,20-21H,5-6,14H2,1-4H3/t15-,20+,21-/m0/s1. The second-order valence-electron chi connectivity index (χ2n) is 7.24. The fourth-order valence-electron chi connectivity index (χ4n) is 4.18. The Morgan fingerprint density at radius 3 is 2.71 bits per heavy atom. The summed E-state index contributed by atoms with van der Waals surface area (Å²) in [7, 11) is 1.76. The minimum Gasteiger partial charge on any atom is -0.496 e. The Bertz CT molecular complexity index is 853. The molecule has 0 spiro atoms. The van der Waals surface area contributed by atoms with Crippen molar-refractivity contribution in [1.29, 1.82) is 0 Å². The fourth-order valence-corrected chi connectivity index (χ4v) is 5.28. The molecule has 2 aliphatic rings. The van der Waals surface area contributed by atoms with Crippen molar-refractivity contribution in [3.8, 4) is 5.75 Å². The Labute approximate surface area is 171 Å². The molecule has 0 amide bonds. The fraction of sp³-hybridized carbons (Fsp3) is 0.455. The molecular weight excluding hydrogens is 368 g/mol. The molecule has 0 bridgehead atoms. The Hall–Kier alpha value is -2.21. The molecule has 0 N–H and O–H groups in total. The molecule has 2 aromatic rings. The number of ether oxygens (including phenoxy) is 1. The number of pyridine rings is 1. The predicted molar refractivity (Wildman–Crippen MR) is 117 cm³/mol. The second-order valence-corrected chi connectivity index (χ2v) is 8.64. The van der Waals surface area contributed by atoms with E-state index in [2.05, 4.69) is 59.8 Å². The molecule has 3 atom stereocenters. The van der Waals surface area contributed by atoms with Gasteiger partial charge in [-0.2, -0.15) is 0 Å². The molecule has 0 saturated carbocycles. The highest BCUT2D eigenvalue weighted by molar-refractivity contribution is 8.14. The number of aromatic nitrogens is 1. The molecule has 1 aromatic heterocycles. The van der Waals surface area contributed by atoms with Crippen LogP contribution in [0.3, 0.4) is 0 Å². The quantitative estimate of drug-likeness (QED) is 0.718. The van der Waals surface area contributed by atoms with Gasteiger partial charge in [0.15, 0.2) is 5.17 Å². The average Bonchev–Trinajstić information content (AvgIpc) is 3.25. The van der Waals surface area contributed by atoms with Crippen LogP contribution in [0.1, 0.15) is 44.1 Å². The van der Waals surface area contributed by atoms with Crippen LogP contribution in [0.2, 0.25) is 0 Å². The maximum Gasteiger partial charge on any atom is 0.160 e. The number of thioether (sulfide) groups is 1. The molecular formula is C22H28N4OS. The highest BCUT2D eigenvalue weighted by Gasteiger charge is 2.44. The number of methoxy groups -OCH3 is 1. The predicted octanol–water partition coefficient (Wildman–Crippen LogP) is 4.53. The lowest BCUT2D eigenvalue weighted by Gasteiger charge is -2.30. The molecule has 4 rings (SSSR count). The van der Waals surface area contributed by atoms with Crippen molar-refractivity contribution in [2.24, 2.45) is 4.99 Å². The maximum atomic E-state index is 5.87. The van der Waals surface area contributed by atoms with E-state index in [0.29, 0.717) is 5.25 Å². The summed E-state index contributed by atoms with van der Waals surface area (Å²) < 4.78 is 5.87.